The lowest BCUT2D eigenvalue weighted by Gasteiger charge is -2.37. The van der Waals surface area contributed by atoms with Gasteiger partial charge >= 0.3 is 0 Å². The lowest BCUT2D eigenvalue weighted by Crippen LogP contribution is -2.45. The maximum atomic E-state index is 10.1. The first-order chi connectivity index (χ1) is 12.2. The molecule has 25 heavy (non-hydrogen) atoms. The molecule has 0 aromatic heterocycles. The Bertz CT molecular complexity index is 675. The van der Waals surface area contributed by atoms with Gasteiger partial charge in [-0.3, -0.25) is 9.80 Å². The molecule has 134 valence electrons. The Kier molecular flexibility index (Phi) is 5.95. The number of hydrogen-bond donors (Lipinski definition) is 1. The van der Waals surface area contributed by atoms with Crippen molar-refractivity contribution in [2.45, 2.75) is 32.0 Å². The summed E-state index contributed by atoms with van der Waals surface area (Å²) in [5, 5.41) is 10.1. The van der Waals surface area contributed by atoms with Crippen LogP contribution in [-0.2, 0) is 13.1 Å². The fourth-order valence-corrected chi connectivity index (χ4v) is 3.59. The highest BCUT2D eigenvalue weighted by Crippen LogP contribution is 2.26. The monoisotopic (exact) mass is 340 g/mol. The smallest absolute Gasteiger partial charge is 0.120 e. The molecule has 3 rings (SSSR count). The molecule has 1 aliphatic rings. The van der Waals surface area contributed by atoms with Gasteiger partial charge in [-0.1, -0.05) is 30.3 Å². The number of methoxy groups -OCH3 is 1. The van der Waals surface area contributed by atoms with Crippen molar-refractivity contribution < 1.29 is 9.84 Å². The molecule has 1 heterocycles. The normalized spacial score (nSPS) is 18.4. The van der Waals surface area contributed by atoms with Crippen LogP contribution >= 0.6 is 0 Å². The molecular formula is C21H28N2O2. The van der Waals surface area contributed by atoms with Gasteiger partial charge in [-0.25, -0.2) is 0 Å². The molecule has 0 spiro atoms. The zero-order valence-electron chi connectivity index (χ0n) is 15.2. The topological polar surface area (TPSA) is 35.9 Å². The number of likely N-dealkylation sites (tertiary alicyclic amines) is 1. The van der Waals surface area contributed by atoms with Crippen molar-refractivity contribution in [1.82, 2.24) is 9.80 Å². The van der Waals surface area contributed by atoms with Crippen LogP contribution in [0.4, 0.5) is 0 Å². The summed E-state index contributed by atoms with van der Waals surface area (Å²) in [6, 6.07) is 16.6. The number of rotatable bonds is 6. The van der Waals surface area contributed by atoms with E-state index in [0.29, 0.717) is 11.8 Å². The van der Waals surface area contributed by atoms with Crippen LogP contribution in [0.2, 0.25) is 0 Å². The van der Waals surface area contributed by atoms with Crippen molar-refractivity contribution in [2.75, 3.05) is 27.2 Å². The Morgan fingerprint density at radius 1 is 1.20 bits per heavy atom. The molecule has 4 heteroatoms. The summed E-state index contributed by atoms with van der Waals surface area (Å²) >= 11 is 0. The van der Waals surface area contributed by atoms with E-state index in [1.165, 1.54) is 18.4 Å². The Balaban J connectivity index is 1.61. The molecule has 0 bridgehead atoms. The Labute approximate surface area is 150 Å². The van der Waals surface area contributed by atoms with Crippen LogP contribution in [0.5, 0.6) is 11.5 Å². The third kappa shape index (κ3) is 4.74. The molecule has 1 saturated heterocycles. The quantitative estimate of drug-likeness (QED) is 0.873. The maximum Gasteiger partial charge on any atom is 0.120 e. The molecule has 0 amide bonds. The van der Waals surface area contributed by atoms with Crippen LogP contribution in [0, 0.1) is 0 Å². The first kappa shape index (κ1) is 17.8. The Hall–Kier alpha value is -2.04. The number of likely N-dealkylation sites (N-methyl/N-ethyl adjacent to an activating group) is 1. The van der Waals surface area contributed by atoms with E-state index in [1.54, 1.807) is 19.2 Å². The van der Waals surface area contributed by atoms with Gasteiger partial charge in [-0.05, 0) is 50.2 Å². The highest BCUT2D eigenvalue weighted by Gasteiger charge is 2.24. The van der Waals surface area contributed by atoms with Gasteiger partial charge < -0.3 is 9.84 Å². The second-order valence-corrected chi connectivity index (χ2v) is 6.93. The molecule has 0 saturated carbocycles. The van der Waals surface area contributed by atoms with E-state index in [2.05, 4.69) is 47.2 Å². The van der Waals surface area contributed by atoms with E-state index < -0.39 is 0 Å². The number of nitrogens with zero attached hydrogens (tertiary/aromatic N) is 2. The van der Waals surface area contributed by atoms with Gasteiger partial charge in [0.25, 0.3) is 0 Å². The number of phenols is 1. The summed E-state index contributed by atoms with van der Waals surface area (Å²) < 4.78 is 5.29. The van der Waals surface area contributed by atoms with Gasteiger partial charge in [0.05, 0.1) is 7.11 Å². The molecule has 0 unspecified atom stereocenters. The SMILES string of the molecule is COc1ccc(O)c(CN2CCC[C@H](N(C)Cc3ccccc3)C2)c1. The maximum absolute atomic E-state index is 10.1. The van der Waals surface area contributed by atoms with Gasteiger partial charge in [-0.2, -0.15) is 0 Å². The third-order valence-corrected chi connectivity index (χ3v) is 5.06. The third-order valence-electron chi connectivity index (χ3n) is 5.06. The van der Waals surface area contributed by atoms with Crippen LogP contribution in [0.3, 0.4) is 0 Å². The van der Waals surface area contributed by atoms with Gasteiger partial charge in [0.15, 0.2) is 0 Å². The van der Waals surface area contributed by atoms with E-state index in [0.717, 1.165) is 37.5 Å². The zero-order chi connectivity index (χ0) is 17.6. The second-order valence-electron chi connectivity index (χ2n) is 6.93. The Morgan fingerprint density at radius 3 is 2.76 bits per heavy atom. The van der Waals surface area contributed by atoms with Crippen LogP contribution in [-0.4, -0.2) is 48.2 Å². The lowest BCUT2D eigenvalue weighted by molar-refractivity contribution is 0.106. The highest BCUT2D eigenvalue weighted by molar-refractivity contribution is 5.39. The average molecular weight is 340 g/mol. The molecule has 1 N–H and O–H groups in total. The molecule has 1 atom stereocenters. The largest absolute Gasteiger partial charge is 0.508 e. The molecule has 1 fully saturated rings. The summed E-state index contributed by atoms with van der Waals surface area (Å²) in [4.78, 5) is 4.89. The second kappa shape index (κ2) is 8.37. The molecule has 2 aromatic rings. The molecule has 4 nitrogen and oxygen atoms in total. The zero-order valence-corrected chi connectivity index (χ0v) is 15.2. The van der Waals surface area contributed by atoms with Gasteiger partial charge in [0, 0.05) is 31.2 Å². The number of phenolic OH excluding ortho intramolecular Hbond substituents is 1. The van der Waals surface area contributed by atoms with Crippen LogP contribution in [0.15, 0.2) is 48.5 Å². The Morgan fingerprint density at radius 2 is 2.00 bits per heavy atom. The van der Waals surface area contributed by atoms with Crippen molar-refractivity contribution in [2.24, 2.45) is 0 Å². The van der Waals surface area contributed by atoms with Crippen LogP contribution in [0.1, 0.15) is 24.0 Å². The fourth-order valence-electron chi connectivity index (χ4n) is 3.59. The van der Waals surface area contributed by atoms with Crippen molar-refractivity contribution >= 4 is 0 Å². The van der Waals surface area contributed by atoms with E-state index in [9.17, 15) is 5.11 Å². The molecular weight excluding hydrogens is 312 g/mol. The average Bonchev–Trinajstić information content (AvgIpc) is 2.64. The summed E-state index contributed by atoms with van der Waals surface area (Å²) in [5.41, 5.74) is 2.29. The molecule has 1 aliphatic heterocycles. The van der Waals surface area contributed by atoms with Gasteiger partial charge in [0.2, 0.25) is 0 Å². The lowest BCUT2D eigenvalue weighted by atomic mass is 10.0. The van der Waals surface area contributed by atoms with Crippen molar-refractivity contribution in [3.05, 3.63) is 59.7 Å². The van der Waals surface area contributed by atoms with E-state index >= 15 is 0 Å². The highest BCUT2D eigenvalue weighted by atomic mass is 16.5. The van der Waals surface area contributed by atoms with E-state index in [1.807, 2.05) is 6.07 Å². The minimum Gasteiger partial charge on any atom is -0.508 e. The van der Waals surface area contributed by atoms with Crippen molar-refractivity contribution in [1.29, 1.82) is 0 Å². The number of benzene rings is 2. The van der Waals surface area contributed by atoms with Gasteiger partial charge in [-0.15, -0.1) is 0 Å². The summed E-state index contributed by atoms with van der Waals surface area (Å²) in [6.07, 6.45) is 2.42. The first-order valence-corrected chi connectivity index (χ1v) is 8.98. The molecule has 2 aromatic carbocycles. The first-order valence-electron chi connectivity index (χ1n) is 8.98. The number of ether oxygens (including phenoxy) is 1. The standard InChI is InChI=1S/C21H28N2O2/c1-22(14-17-7-4-3-5-8-17)19-9-6-12-23(16-19)15-18-13-20(25-2)10-11-21(18)24/h3-5,7-8,10-11,13,19,24H,6,9,12,14-16H2,1-2H3/t19-/m0/s1. The van der Waals surface area contributed by atoms with Crippen LogP contribution < -0.4 is 4.74 Å². The number of aromatic hydroxyl groups is 1. The molecule has 0 aliphatic carbocycles. The van der Waals surface area contributed by atoms with Crippen molar-refractivity contribution in [3.63, 3.8) is 0 Å². The summed E-state index contributed by atoms with van der Waals surface area (Å²) in [5.74, 6) is 1.14. The van der Waals surface area contributed by atoms with Crippen molar-refractivity contribution in [3.8, 4) is 11.5 Å². The summed E-state index contributed by atoms with van der Waals surface area (Å²) in [7, 11) is 3.87. The fraction of sp³-hybridized carbons (Fsp3) is 0.429. The van der Waals surface area contributed by atoms with Crippen LogP contribution in [0.25, 0.3) is 0 Å². The minimum absolute atomic E-state index is 0.348. The van der Waals surface area contributed by atoms with Gasteiger partial charge in [0.1, 0.15) is 11.5 Å². The minimum atomic E-state index is 0.348. The molecule has 0 radical (unpaired) electrons. The predicted molar refractivity (Wildman–Crippen MR) is 101 cm³/mol. The number of piperidine rings is 1. The number of hydrogen-bond acceptors (Lipinski definition) is 4. The van der Waals surface area contributed by atoms with E-state index in [-0.39, 0.29) is 0 Å². The predicted octanol–water partition coefficient (Wildman–Crippen LogP) is 3.50. The van der Waals surface area contributed by atoms with E-state index in [4.69, 9.17) is 4.74 Å². The summed E-state index contributed by atoms with van der Waals surface area (Å²) in [6.45, 7) is 3.84.